The number of carbonyl (C=O) groups is 1. The van der Waals surface area contributed by atoms with E-state index in [0.717, 1.165) is 0 Å². The van der Waals surface area contributed by atoms with Gasteiger partial charge < -0.3 is 34.5 Å². The molecular formula is C18H21NO8. The molecule has 2 heterocycles. The molecule has 5 atom stereocenters. The number of benzene rings is 1. The lowest BCUT2D eigenvalue weighted by atomic mass is 9.97. The number of aliphatic hydroxyl groups is 3. The van der Waals surface area contributed by atoms with Crippen LogP contribution in [0.2, 0.25) is 0 Å². The van der Waals surface area contributed by atoms with E-state index in [9.17, 15) is 24.9 Å². The Morgan fingerprint density at radius 2 is 2.00 bits per heavy atom. The minimum Gasteiger partial charge on any atom is -0.463 e. The molecule has 3 rings (SSSR count). The van der Waals surface area contributed by atoms with Gasteiger partial charge in [-0.25, -0.2) is 4.79 Å². The van der Waals surface area contributed by atoms with E-state index < -0.39 is 48.8 Å². The Hall–Kier alpha value is -2.46. The number of rotatable bonds is 4. The predicted molar refractivity (Wildman–Crippen MR) is 93.2 cm³/mol. The van der Waals surface area contributed by atoms with Gasteiger partial charge in [0, 0.05) is 18.4 Å². The quantitative estimate of drug-likeness (QED) is 0.518. The molecule has 9 nitrogen and oxygen atoms in total. The number of amides is 1. The molecule has 0 bridgehead atoms. The van der Waals surface area contributed by atoms with Gasteiger partial charge in [0.2, 0.25) is 12.2 Å². The smallest absolute Gasteiger partial charge is 0.336 e. The van der Waals surface area contributed by atoms with Crippen LogP contribution in [0, 0.1) is 6.92 Å². The van der Waals surface area contributed by atoms with Crippen LogP contribution < -0.4 is 15.7 Å². The molecular weight excluding hydrogens is 358 g/mol. The fraction of sp³-hybridized carbons (Fsp3) is 0.444. The third kappa shape index (κ3) is 3.96. The van der Waals surface area contributed by atoms with Gasteiger partial charge in [-0.1, -0.05) is 0 Å². The Labute approximate surface area is 154 Å². The Morgan fingerprint density at radius 3 is 2.67 bits per heavy atom. The fourth-order valence-electron chi connectivity index (χ4n) is 3.08. The molecule has 1 amide bonds. The van der Waals surface area contributed by atoms with Crippen molar-refractivity contribution in [3.63, 3.8) is 0 Å². The van der Waals surface area contributed by atoms with Crippen molar-refractivity contribution in [1.29, 1.82) is 0 Å². The molecule has 2 aromatic rings. The number of aryl methyl sites for hydroxylation is 1. The summed E-state index contributed by atoms with van der Waals surface area (Å²) in [5.74, 6) is -0.109. The summed E-state index contributed by atoms with van der Waals surface area (Å²) in [6.07, 6.45) is -5.02. The van der Waals surface area contributed by atoms with Crippen LogP contribution in [0.1, 0.15) is 12.5 Å². The van der Waals surface area contributed by atoms with Gasteiger partial charge in [-0.15, -0.1) is 0 Å². The van der Waals surface area contributed by atoms with Gasteiger partial charge in [0.1, 0.15) is 35.7 Å². The first-order valence-corrected chi connectivity index (χ1v) is 8.41. The van der Waals surface area contributed by atoms with Crippen molar-refractivity contribution >= 4 is 16.9 Å². The topological polar surface area (TPSA) is 138 Å². The van der Waals surface area contributed by atoms with E-state index in [1.807, 2.05) is 0 Å². The zero-order valence-corrected chi connectivity index (χ0v) is 14.8. The first-order chi connectivity index (χ1) is 12.8. The SMILES string of the molecule is CC(=O)N[C@H]1[C@H](Oc2ccc3oc(=O)cc(C)c3c2)O[C@H](CO)[C@@H](O)[C@@H]1O. The second kappa shape index (κ2) is 7.65. The number of nitrogens with one attached hydrogen (secondary N) is 1. The molecule has 9 heteroatoms. The van der Waals surface area contributed by atoms with E-state index in [-0.39, 0.29) is 0 Å². The molecule has 0 radical (unpaired) electrons. The first kappa shape index (κ1) is 19.3. The monoisotopic (exact) mass is 379 g/mol. The molecule has 0 saturated carbocycles. The van der Waals surface area contributed by atoms with Crippen molar-refractivity contribution < 1.29 is 34.0 Å². The number of fused-ring (bicyclic) bond motifs is 1. The van der Waals surface area contributed by atoms with E-state index in [4.69, 9.17) is 13.9 Å². The fourth-order valence-corrected chi connectivity index (χ4v) is 3.08. The number of ether oxygens (including phenoxy) is 2. The van der Waals surface area contributed by atoms with Crippen molar-refractivity contribution in [1.82, 2.24) is 5.32 Å². The molecule has 1 aliphatic rings. The van der Waals surface area contributed by atoms with Gasteiger partial charge in [0.15, 0.2) is 0 Å². The Balaban J connectivity index is 1.91. The first-order valence-electron chi connectivity index (χ1n) is 8.41. The van der Waals surface area contributed by atoms with Crippen molar-refractivity contribution in [2.75, 3.05) is 6.61 Å². The number of hydrogen-bond donors (Lipinski definition) is 4. The van der Waals surface area contributed by atoms with Crippen LogP contribution in [0.3, 0.4) is 0 Å². The molecule has 27 heavy (non-hydrogen) atoms. The zero-order chi connectivity index (χ0) is 19.7. The molecule has 1 fully saturated rings. The normalized spacial score (nSPS) is 28.1. The minimum absolute atomic E-state index is 0.333. The maximum absolute atomic E-state index is 11.5. The van der Waals surface area contributed by atoms with E-state index in [1.54, 1.807) is 25.1 Å². The highest BCUT2D eigenvalue weighted by Crippen LogP contribution is 2.27. The third-order valence-electron chi connectivity index (χ3n) is 4.42. The van der Waals surface area contributed by atoms with Gasteiger partial charge >= 0.3 is 5.63 Å². The summed E-state index contributed by atoms with van der Waals surface area (Å²) in [5.41, 5.74) is 0.621. The summed E-state index contributed by atoms with van der Waals surface area (Å²) < 4.78 is 16.4. The largest absolute Gasteiger partial charge is 0.463 e. The molecule has 1 aliphatic heterocycles. The Kier molecular flexibility index (Phi) is 5.47. The summed E-state index contributed by atoms with van der Waals surface area (Å²) in [6, 6.07) is 5.04. The summed E-state index contributed by atoms with van der Waals surface area (Å²) in [4.78, 5) is 22.9. The van der Waals surface area contributed by atoms with Crippen LogP contribution in [-0.2, 0) is 9.53 Å². The van der Waals surface area contributed by atoms with Crippen LogP contribution in [-0.4, -0.2) is 58.5 Å². The predicted octanol–water partition coefficient (Wildman–Crippen LogP) is -0.576. The van der Waals surface area contributed by atoms with Crippen LogP contribution in [0.25, 0.3) is 11.0 Å². The molecule has 146 valence electrons. The van der Waals surface area contributed by atoms with Gasteiger partial charge in [-0.3, -0.25) is 4.79 Å². The number of aliphatic hydroxyl groups excluding tert-OH is 3. The second-order valence-electron chi connectivity index (χ2n) is 6.46. The molecule has 1 saturated heterocycles. The van der Waals surface area contributed by atoms with Crippen LogP contribution >= 0.6 is 0 Å². The van der Waals surface area contributed by atoms with Crippen LogP contribution in [0.5, 0.6) is 5.75 Å². The lowest BCUT2D eigenvalue weighted by Crippen LogP contribution is -2.65. The Bertz CT molecular complexity index is 895. The highest BCUT2D eigenvalue weighted by Gasteiger charge is 2.46. The molecule has 0 spiro atoms. The molecule has 1 aromatic carbocycles. The summed E-state index contributed by atoms with van der Waals surface area (Å²) in [7, 11) is 0. The summed E-state index contributed by atoms with van der Waals surface area (Å²) >= 11 is 0. The summed E-state index contributed by atoms with van der Waals surface area (Å²) in [5, 5.41) is 32.8. The van der Waals surface area contributed by atoms with Gasteiger partial charge in [0.05, 0.1) is 6.61 Å². The van der Waals surface area contributed by atoms with E-state index >= 15 is 0 Å². The van der Waals surface area contributed by atoms with Crippen molar-refractivity contribution in [3.8, 4) is 5.75 Å². The van der Waals surface area contributed by atoms with Crippen molar-refractivity contribution in [2.45, 2.75) is 44.5 Å². The van der Waals surface area contributed by atoms with E-state index in [0.29, 0.717) is 22.3 Å². The molecule has 0 unspecified atom stereocenters. The highest BCUT2D eigenvalue weighted by atomic mass is 16.7. The Morgan fingerprint density at radius 1 is 1.26 bits per heavy atom. The third-order valence-corrected chi connectivity index (χ3v) is 4.42. The van der Waals surface area contributed by atoms with Crippen molar-refractivity contribution in [2.24, 2.45) is 0 Å². The zero-order valence-electron chi connectivity index (χ0n) is 14.8. The second-order valence-corrected chi connectivity index (χ2v) is 6.46. The highest BCUT2D eigenvalue weighted by molar-refractivity contribution is 5.81. The van der Waals surface area contributed by atoms with Crippen LogP contribution in [0.15, 0.2) is 33.5 Å². The molecule has 0 aliphatic carbocycles. The van der Waals surface area contributed by atoms with Gasteiger partial charge in [-0.2, -0.15) is 0 Å². The maximum atomic E-state index is 11.5. The molecule has 1 aromatic heterocycles. The maximum Gasteiger partial charge on any atom is 0.336 e. The lowest BCUT2D eigenvalue weighted by molar-refractivity contribution is -0.244. The minimum atomic E-state index is -1.40. The standard InChI is InChI=1S/C18H21NO8/c1-8-5-14(22)26-12-4-3-10(6-11(8)12)25-18-15(19-9(2)21)17(24)16(23)13(7-20)27-18/h3-6,13,15-18,20,23-24H,7H2,1-2H3,(H,19,21)/t13-,15-,16-,17-,18-/m1/s1. The lowest BCUT2D eigenvalue weighted by Gasteiger charge is -2.42. The average molecular weight is 379 g/mol. The molecule has 4 N–H and O–H groups in total. The van der Waals surface area contributed by atoms with Gasteiger partial charge in [-0.05, 0) is 30.7 Å². The number of hydrogen-bond acceptors (Lipinski definition) is 8. The van der Waals surface area contributed by atoms with Gasteiger partial charge in [0.25, 0.3) is 0 Å². The number of carbonyl (C=O) groups excluding carboxylic acids is 1. The van der Waals surface area contributed by atoms with Crippen LogP contribution in [0.4, 0.5) is 0 Å². The summed E-state index contributed by atoms with van der Waals surface area (Å²) in [6.45, 7) is 2.48. The van der Waals surface area contributed by atoms with Crippen molar-refractivity contribution in [3.05, 3.63) is 40.2 Å². The van der Waals surface area contributed by atoms with E-state index in [2.05, 4.69) is 5.32 Å². The average Bonchev–Trinajstić information content (AvgIpc) is 2.61. The van der Waals surface area contributed by atoms with E-state index in [1.165, 1.54) is 13.0 Å².